The molecule has 4 rings (SSSR count). The normalized spacial score (nSPS) is 17.0. The van der Waals surface area contributed by atoms with Crippen molar-refractivity contribution >= 4 is 11.8 Å². The molecule has 0 saturated carbocycles. The monoisotopic (exact) mass is 378 g/mol. The van der Waals surface area contributed by atoms with Crippen LogP contribution in [0.2, 0.25) is 0 Å². The van der Waals surface area contributed by atoms with Crippen LogP contribution in [0.3, 0.4) is 0 Å². The summed E-state index contributed by atoms with van der Waals surface area (Å²) in [5.41, 5.74) is 3.38. The van der Waals surface area contributed by atoms with Crippen molar-refractivity contribution < 1.29 is 4.39 Å². The van der Waals surface area contributed by atoms with Crippen LogP contribution in [0, 0.1) is 19.7 Å². The maximum Gasteiger partial charge on any atom is 0.228 e. The average Bonchev–Trinajstić information content (AvgIpc) is 3.11. The van der Waals surface area contributed by atoms with Gasteiger partial charge in [-0.05, 0) is 45.4 Å². The van der Waals surface area contributed by atoms with E-state index in [4.69, 9.17) is 4.98 Å². The number of aryl methyl sites for hydroxylation is 2. The van der Waals surface area contributed by atoms with E-state index in [-0.39, 0.29) is 11.9 Å². The van der Waals surface area contributed by atoms with Crippen LogP contribution < -0.4 is 5.32 Å². The summed E-state index contributed by atoms with van der Waals surface area (Å²) in [7, 11) is 0. The quantitative estimate of drug-likeness (QED) is 0.721. The Morgan fingerprint density at radius 3 is 2.68 bits per heavy atom. The first-order valence-electron chi connectivity index (χ1n) is 9.47. The second-order valence-corrected chi connectivity index (χ2v) is 7.15. The summed E-state index contributed by atoms with van der Waals surface area (Å²) >= 11 is 0. The van der Waals surface area contributed by atoms with Gasteiger partial charge in [0.05, 0.1) is 24.1 Å². The molecule has 6 nitrogen and oxygen atoms in total. The number of nitrogens with one attached hydrogen (secondary N) is 1. The minimum Gasteiger partial charge on any atom is -0.307 e. The van der Waals surface area contributed by atoms with Gasteiger partial charge in [-0.25, -0.2) is 19.3 Å². The number of hydrogen-bond donors (Lipinski definition) is 1. The fourth-order valence-corrected chi connectivity index (χ4v) is 3.69. The zero-order valence-electron chi connectivity index (χ0n) is 16.1. The third-order valence-electron chi connectivity index (χ3n) is 4.91. The number of rotatable bonds is 5. The van der Waals surface area contributed by atoms with E-state index < -0.39 is 0 Å². The van der Waals surface area contributed by atoms with Crippen LogP contribution in [0.15, 0.2) is 42.7 Å². The molecule has 0 radical (unpaired) electrons. The fourth-order valence-electron chi connectivity index (χ4n) is 3.69. The molecule has 1 N–H and O–H groups in total. The minimum atomic E-state index is -0.165. The van der Waals surface area contributed by atoms with Crippen LogP contribution in [0.1, 0.15) is 41.5 Å². The lowest BCUT2D eigenvalue weighted by Gasteiger charge is -2.24. The van der Waals surface area contributed by atoms with E-state index in [0.29, 0.717) is 23.9 Å². The molecule has 0 spiro atoms. The molecule has 1 fully saturated rings. The van der Waals surface area contributed by atoms with E-state index >= 15 is 0 Å². The van der Waals surface area contributed by atoms with Crippen molar-refractivity contribution in [2.45, 2.75) is 39.3 Å². The Balaban J connectivity index is 1.53. The lowest BCUT2D eigenvalue weighted by Crippen LogP contribution is -2.24. The molecule has 0 amide bonds. The van der Waals surface area contributed by atoms with Crippen LogP contribution in [0.25, 0.3) is 0 Å². The third kappa shape index (κ3) is 4.14. The first-order valence-corrected chi connectivity index (χ1v) is 9.47. The van der Waals surface area contributed by atoms with E-state index in [1.807, 2.05) is 32.0 Å². The summed E-state index contributed by atoms with van der Waals surface area (Å²) in [4.78, 5) is 20.1. The van der Waals surface area contributed by atoms with E-state index in [0.717, 1.165) is 36.5 Å². The molecule has 1 aliphatic heterocycles. The highest BCUT2D eigenvalue weighted by atomic mass is 19.1. The molecule has 1 aliphatic rings. The van der Waals surface area contributed by atoms with Gasteiger partial charge in [-0.2, -0.15) is 0 Å². The number of nitrogens with zero attached hydrogens (tertiary/aromatic N) is 5. The van der Waals surface area contributed by atoms with Gasteiger partial charge in [0.15, 0.2) is 5.82 Å². The maximum atomic E-state index is 14.1. The summed E-state index contributed by atoms with van der Waals surface area (Å²) in [5, 5.41) is 3.15. The lowest BCUT2D eigenvalue weighted by atomic mass is 10.1. The Morgan fingerprint density at radius 2 is 1.89 bits per heavy atom. The van der Waals surface area contributed by atoms with Crippen LogP contribution in [-0.4, -0.2) is 31.4 Å². The Bertz CT molecular complexity index is 956. The van der Waals surface area contributed by atoms with Crippen molar-refractivity contribution in [3.05, 3.63) is 71.2 Å². The van der Waals surface area contributed by atoms with Crippen LogP contribution in [0.5, 0.6) is 0 Å². The van der Waals surface area contributed by atoms with Gasteiger partial charge in [0.25, 0.3) is 0 Å². The molecule has 1 aromatic carbocycles. The molecule has 0 bridgehead atoms. The van der Waals surface area contributed by atoms with Crippen molar-refractivity contribution in [2.75, 3.05) is 11.9 Å². The van der Waals surface area contributed by atoms with Gasteiger partial charge in [0, 0.05) is 23.5 Å². The molecule has 2 aromatic heterocycles. The molecular formula is C21H23FN6. The molecule has 1 atom stereocenters. The molecule has 7 heteroatoms. The van der Waals surface area contributed by atoms with E-state index in [2.05, 4.69) is 25.2 Å². The van der Waals surface area contributed by atoms with Gasteiger partial charge in [0.2, 0.25) is 5.95 Å². The highest BCUT2D eigenvalue weighted by Crippen LogP contribution is 2.32. The van der Waals surface area contributed by atoms with Gasteiger partial charge in [-0.3, -0.25) is 9.88 Å². The predicted molar refractivity (Wildman–Crippen MR) is 106 cm³/mol. The van der Waals surface area contributed by atoms with Gasteiger partial charge < -0.3 is 5.32 Å². The summed E-state index contributed by atoms with van der Waals surface area (Å²) in [6.45, 7) is 5.34. The Kier molecular flexibility index (Phi) is 5.25. The van der Waals surface area contributed by atoms with E-state index in [1.54, 1.807) is 18.5 Å². The van der Waals surface area contributed by atoms with E-state index in [9.17, 15) is 4.39 Å². The van der Waals surface area contributed by atoms with Gasteiger partial charge in [-0.15, -0.1) is 0 Å². The zero-order valence-corrected chi connectivity index (χ0v) is 16.1. The van der Waals surface area contributed by atoms with Gasteiger partial charge in [-0.1, -0.05) is 18.2 Å². The molecular weight excluding hydrogens is 355 g/mol. The topological polar surface area (TPSA) is 66.8 Å². The van der Waals surface area contributed by atoms with Crippen molar-refractivity contribution in [2.24, 2.45) is 0 Å². The van der Waals surface area contributed by atoms with Crippen LogP contribution >= 0.6 is 0 Å². The van der Waals surface area contributed by atoms with Crippen molar-refractivity contribution in [1.29, 1.82) is 0 Å². The van der Waals surface area contributed by atoms with E-state index in [1.165, 1.54) is 6.07 Å². The lowest BCUT2D eigenvalue weighted by molar-refractivity contribution is 0.241. The molecule has 144 valence electrons. The summed E-state index contributed by atoms with van der Waals surface area (Å²) in [6.07, 6.45) is 5.49. The maximum absolute atomic E-state index is 14.1. The number of benzene rings is 1. The molecule has 3 aromatic rings. The Morgan fingerprint density at radius 1 is 1.11 bits per heavy atom. The first kappa shape index (κ1) is 18.4. The molecule has 3 heterocycles. The standard InChI is InChI=1S/C21H23FN6/c1-14-10-15(2)25-21(24-14)27-20-12-23-11-18(26-20)19-8-5-9-28(19)13-16-6-3-4-7-17(16)22/h3-4,6-7,10-12,19H,5,8-9,13H2,1-2H3,(H,24,25,26,27)/t19-/m0/s1. The molecule has 0 aliphatic carbocycles. The van der Waals surface area contributed by atoms with Crippen molar-refractivity contribution in [3.63, 3.8) is 0 Å². The third-order valence-corrected chi connectivity index (χ3v) is 4.91. The first-order chi connectivity index (χ1) is 13.6. The van der Waals surface area contributed by atoms with Crippen LogP contribution in [-0.2, 0) is 6.54 Å². The van der Waals surface area contributed by atoms with Crippen molar-refractivity contribution in [3.8, 4) is 0 Å². The zero-order chi connectivity index (χ0) is 19.5. The minimum absolute atomic E-state index is 0.119. The SMILES string of the molecule is Cc1cc(C)nc(Nc2cncc([C@@H]3CCCN3Cc3ccccc3F)n2)n1. The molecule has 28 heavy (non-hydrogen) atoms. The second kappa shape index (κ2) is 7.98. The number of anilines is 2. The highest BCUT2D eigenvalue weighted by molar-refractivity contribution is 5.46. The highest BCUT2D eigenvalue weighted by Gasteiger charge is 2.28. The summed E-state index contributed by atoms with van der Waals surface area (Å²) in [5.74, 6) is 0.959. The smallest absolute Gasteiger partial charge is 0.228 e. The number of likely N-dealkylation sites (tertiary alicyclic amines) is 1. The number of aromatic nitrogens is 4. The number of hydrogen-bond acceptors (Lipinski definition) is 6. The Labute approximate surface area is 163 Å². The largest absolute Gasteiger partial charge is 0.307 e. The fraction of sp³-hybridized carbons (Fsp3) is 0.333. The average molecular weight is 378 g/mol. The summed E-state index contributed by atoms with van der Waals surface area (Å²) in [6, 6.07) is 8.98. The van der Waals surface area contributed by atoms with Gasteiger partial charge in [0.1, 0.15) is 5.82 Å². The van der Waals surface area contributed by atoms with Crippen molar-refractivity contribution in [1.82, 2.24) is 24.8 Å². The molecule has 1 saturated heterocycles. The number of halogens is 1. The van der Waals surface area contributed by atoms with Gasteiger partial charge >= 0.3 is 0 Å². The van der Waals surface area contributed by atoms with Crippen LogP contribution in [0.4, 0.5) is 16.2 Å². The molecule has 0 unspecified atom stereocenters. The second-order valence-electron chi connectivity index (χ2n) is 7.15. The Hall–Kier alpha value is -2.93. The predicted octanol–water partition coefficient (Wildman–Crippen LogP) is 4.10. The summed E-state index contributed by atoms with van der Waals surface area (Å²) < 4.78 is 14.1.